The minimum Gasteiger partial charge on any atom is -0.380 e. The highest BCUT2D eigenvalue weighted by atomic mass is 79.9. The van der Waals surface area contributed by atoms with E-state index in [9.17, 15) is 4.39 Å². The molecule has 15 heavy (non-hydrogen) atoms. The summed E-state index contributed by atoms with van der Waals surface area (Å²) in [6.45, 7) is 1.94. The minimum absolute atomic E-state index is 0.113. The highest BCUT2D eigenvalue weighted by Gasteiger charge is 2.14. The van der Waals surface area contributed by atoms with Crippen molar-refractivity contribution >= 4 is 21.7 Å². The summed E-state index contributed by atoms with van der Waals surface area (Å²) < 4.78 is 14.3. The number of nitrogens with one attached hydrogen (secondary N) is 1. The van der Waals surface area contributed by atoms with Crippen molar-refractivity contribution in [1.29, 1.82) is 0 Å². The molecule has 1 aromatic heterocycles. The first-order valence-corrected chi connectivity index (χ1v) is 5.14. The smallest absolute Gasteiger partial charge is 0.192 e. The van der Waals surface area contributed by atoms with E-state index in [1.54, 1.807) is 0 Å². The summed E-state index contributed by atoms with van der Waals surface area (Å²) in [4.78, 5) is 0. The third kappa shape index (κ3) is 1.74. The molecule has 3 nitrogen and oxygen atoms in total. The van der Waals surface area contributed by atoms with Gasteiger partial charge < -0.3 is 5.73 Å². The quantitative estimate of drug-likeness (QED) is 0.837. The Morgan fingerprint density at radius 1 is 1.47 bits per heavy atom. The zero-order chi connectivity index (χ0) is 11.0. The van der Waals surface area contributed by atoms with Gasteiger partial charge in [-0.15, -0.1) is 0 Å². The number of nitrogen functional groups attached to an aromatic ring is 1. The summed E-state index contributed by atoms with van der Waals surface area (Å²) in [5.74, 6) is -0.625. The van der Waals surface area contributed by atoms with Crippen molar-refractivity contribution in [3.63, 3.8) is 0 Å². The van der Waals surface area contributed by atoms with Crippen LogP contribution < -0.4 is 5.73 Å². The zero-order valence-electron chi connectivity index (χ0n) is 8.01. The zero-order valence-corrected chi connectivity index (χ0v) is 9.60. The Bertz CT molecular complexity index is 507. The number of hydrogen-bond donors (Lipinski definition) is 2. The van der Waals surface area contributed by atoms with Gasteiger partial charge in [0.25, 0.3) is 0 Å². The number of nitrogens with two attached hydrogens (primary N) is 1. The Hall–Kier alpha value is -1.36. The molecule has 3 N–H and O–H groups in total. The van der Waals surface area contributed by atoms with Gasteiger partial charge in [0.2, 0.25) is 0 Å². The first-order valence-electron chi connectivity index (χ1n) is 4.35. The summed E-state index contributed by atoms with van der Waals surface area (Å²) in [6.07, 6.45) is 0. The first-order chi connectivity index (χ1) is 7.09. The number of H-pyrrole nitrogens is 1. The summed E-state index contributed by atoms with van der Waals surface area (Å²) in [6, 6.07) is 5.66. The highest BCUT2D eigenvalue weighted by molar-refractivity contribution is 9.10. The molecule has 0 radical (unpaired) electrons. The Labute approximate surface area is 94.6 Å². The second kappa shape index (κ2) is 3.66. The van der Waals surface area contributed by atoms with E-state index < -0.39 is 5.82 Å². The van der Waals surface area contributed by atoms with E-state index in [0.717, 1.165) is 15.6 Å². The van der Waals surface area contributed by atoms with Gasteiger partial charge in [-0.1, -0.05) is 27.6 Å². The number of halogens is 2. The van der Waals surface area contributed by atoms with Gasteiger partial charge in [0.05, 0.1) is 0 Å². The van der Waals surface area contributed by atoms with Crippen LogP contribution in [-0.4, -0.2) is 10.2 Å². The molecule has 2 rings (SSSR count). The Kier molecular flexibility index (Phi) is 2.48. The molecule has 0 aliphatic carbocycles. The van der Waals surface area contributed by atoms with Crippen LogP contribution in [0.15, 0.2) is 22.7 Å². The summed E-state index contributed by atoms with van der Waals surface area (Å²) in [5, 5.41) is 6.20. The van der Waals surface area contributed by atoms with E-state index in [4.69, 9.17) is 5.73 Å². The van der Waals surface area contributed by atoms with Crippen molar-refractivity contribution in [3.05, 3.63) is 34.1 Å². The van der Waals surface area contributed by atoms with Crippen LogP contribution in [0.1, 0.15) is 5.56 Å². The lowest BCUT2D eigenvalue weighted by Gasteiger charge is -2.03. The lowest BCUT2D eigenvalue weighted by Crippen LogP contribution is -1.88. The van der Waals surface area contributed by atoms with Crippen molar-refractivity contribution in [2.75, 3.05) is 5.73 Å². The molecule has 1 heterocycles. The van der Waals surface area contributed by atoms with Crippen molar-refractivity contribution < 1.29 is 4.39 Å². The molecule has 0 saturated heterocycles. The van der Waals surface area contributed by atoms with Crippen LogP contribution >= 0.6 is 15.9 Å². The number of aromatic amines is 1. The van der Waals surface area contributed by atoms with Gasteiger partial charge >= 0.3 is 0 Å². The van der Waals surface area contributed by atoms with E-state index in [-0.39, 0.29) is 5.82 Å². The van der Waals surface area contributed by atoms with Gasteiger partial charge in [0.1, 0.15) is 5.69 Å². The Morgan fingerprint density at radius 3 is 2.80 bits per heavy atom. The van der Waals surface area contributed by atoms with Gasteiger partial charge in [-0.05, 0) is 19.1 Å². The Morgan fingerprint density at radius 2 is 2.20 bits per heavy atom. The van der Waals surface area contributed by atoms with E-state index in [1.807, 2.05) is 25.1 Å². The molecule has 0 fully saturated rings. The summed E-state index contributed by atoms with van der Waals surface area (Å²) in [7, 11) is 0. The fourth-order valence-corrected chi connectivity index (χ4v) is 1.80. The molecule has 0 unspecified atom stereocenters. The van der Waals surface area contributed by atoms with Crippen molar-refractivity contribution in [3.8, 4) is 11.3 Å². The third-order valence-electron chi connectivity index (χ3n) is 2.12. The maximum absolute atomic E-state index is 13.5. The number of rotatable bonds is 1. The molecule has 0 spiro atoms. The van der Waals surface area contributed by atoms with Gasteiger partial charge in [0, 0.05) is 10.0 Å². The third-order valence-corrected chi connectivity index (χ3v) is 2.82. The maximum atomic E-state index is 13.5. The average molecular weight is 270 g/mol. The molecule has 0 amide bonds. The molecule has 1 aromatic carbocycles. The van der Waals surface area contributed by atoms with E-state index in [2.05, 4.69) is 26.1 Å². The second-order valence-electron chi connectivity index (χ2n) is 3.28. The monoisotopic (exact) mass is 269 g/mol. The normalized spacial score (nSPS) is 10.6. The summed E-state index contributed by atoms with van der Waals surface area (Å²) in [5.41, 5.74) is 7.40. The molecule has 5 heteroatoms. The van der Waals surface area contributed by atoms with Crippen LogP contribution in [0.2, 0.25) is 0 Å². The fourth-order valence-electron chi connectivity index (χ4n) is 1.35. The van der Waals surface area contributed by atoms with Crippen molar-refractivity contribution in [1.82, 2.24) is 10.2 Å². The van der Waals surface area contributed by atoms with Gasteiger partial charge in [0.15, 0.2) is 11.6 Å². The minimum atomic E-state index is -0.513. The number of aryl methyl sites for hydroxylation is 1. The van der Waals surface area contributed by atoms with Crippen molar-refractivity contribution in [2.24, 2.45) is 0 Å². The van der Waals surface area contributed by atoms with Crippen LogP contribution in [0.5, 0.6) is 0 Å². The van der Waals surface area contributed by atoms with Crippen LogP contribution in [0.4, 0.5) is 10.2 Å². The number of nitrogens with zero attached hydrogens (tertiary/aromatic N) is 1. The first kappa shape index (κ1) is 10.2. The number of hydrogen-bond acceptors (Lipinski definition) is 2. The lowest BCUT2D eigenvalue weighted by atomic mass is 10.1. The topological polar surface area (TPSA) is 54.7 Å². The molecule has 0 saturated carbocycles. The SMILES string of the molecule is Cc1ccc(Br)c(-c2[nH]nc(N)c2F)c1. The van der Waals surface area contributed by atoms with Crippen LogP contribution in [0, 0.1) is 12.7 Å². The van der Waals surface area contributed by atoms with Crippen molar-refractivity contribution in [2.45, 2.75) is 6.92 Å². The molecular formula is C10H9BrFN3. The summed E-state index contributed by atoms with van der Waals surface area (Å²) >= 11 is 3.36. The number of aromatic nitrogens is 2. The maximum Gasteiger partial charge on any atom is 0.192 e. The molecule has 2 aromatic rings. The molecule has 0 aliphatic heterocycles. The fraction of sp³-hybridized carbons (Fsp3) is 0.100. The molecule has 0 atom stereocenters. The van der Waals surface area contributed by atoms with Gasteiger partial charge in [-0.3, -0.25) is 5.10 Å². The van der Waals surface area contributed by atoms with Crippen LogP contribution in [0.25, 0.3) is 11.3 Å². The molecule has 0 bridgehead atoms. The second-order valence-corrected chi connectivity index (χ2v) is 4.14. The highest BCUT2D eigenvalue weighted by Crippen LogP contribution is 2.30. The van der Waals surface area contributed by atoms with E-state index >= 15 is 0 Å². The van der Waals surface area contributed by atoms with Crippen LogP contribution in [0.3, 0.4) is 0 Å². The van der Waals surface area contributed by atoms with E-state index in [0.29, 0.717) is 5.69 Å². The average Bonchev–Trinajstić information content (AvgIpc) is 2.52. The predicted molar refractivity (Wildman–Crippen MR) is 60.8 cm³/mol. The lowest BCUT2D eigenvalue weighted by molar-refractivity contribution is 0.636. The molecular weight excluding hydrogens is 261 g/mol. The van der Waals surface area contributed by atoms with Crippen LogP contribution in [-0.2, 0) is 0 Å². The Balaban J connectivity index is 2.63. The van der Waals surface area contributed by atoms with Gasteiger partial charge in [-0.2, -0.15) is 5.10 Å². The number of anilines is 1. The van der Waals surface area contributed by atoms with E-state index in [1.165, 1.54) is 0 Å². The predicted octanol–water partition coefficient (Wildman–Crippen LogP) is 2.87. The van der Waals surface area contributed by atoms with Gasteiger partial charge in [-0.25, -0.2) is 4.39 Å². The molecule has 78 valence electrons. The molecule has 0 aliphatic rings. The standard InChI is InChI=1S/C10H9BrFN3/c1-5-2-3-7(11)6(4-5)9-8(12)10(13)15-14-9/h2-4H,1H3,(H3,13,14,15). The largest absolute Gasteiger partial charge is 0.380 e. The number of benzene rings is 1.